The summed E-state index contributed by atoms with van der Waals surface area (Å²) in [7, 11) is 0. The maximum Gasteiger partial charge on any atom is 0.229 e. The summed E-state index contributed by atoms with van der Waals surface area (Å²) < 4.78 is 2.28. The number of aromatic nitrogens is 4. The summed E-state index contributed by atoms with van der Waals surface area (Å²) in [6.07, 6.45) is 8.56. The number of anilines is 3. The fraction of sp³-hybridized carbons (Fsp3) is 0.682. The molecule has 6 nitrogen and oxygen atoms in total. The van der Waals surface area contributed by atoms with Gasteiger partial charge in [0.2, 0.25) is 5.95 Å². The quantitative estimate of drug-likeness (QED) is 0.651. The number of aryl methyl sites for hydroxylation is 1. The molecule has 0 radical (unpaired) electrons. The summed E-state index contributed by atoms with van der Waals surface area (Å²) >= 11 is 6.31. The van der Waals surface area contributed by atoms with Crippen LogP contribution in [0.4, 0.5) is 17.5 Å². The summed E-state index contributed by atoms with van der Waals surface area (Å²) in [5.74, 6) is 3.31. The number of hydrogen-bond donors (Lipinski definition) is 2. The van der Waals surface area contributed by atoms with Crippen molar-refractivity contribution in [1.29, 1.82) is 0 Å². The number of nitrogens with zero attached hydrogens (tertiary/aromatic N) is 4. The second-order valence-electron chi connectivity index (χ2n) is 9.13. The van der Waals surface area contributed by atoms with Crippen molar-refractivity contribution in [3.05, 3.63) is 22.6 Å². The van der Waals surface area contributed by atoms with E-state index in [1.54, 1.807) is 6.20 Å². The van der Waals surface area contributed by atoms with Crippen molar-refractivity contribution in [2.24, 2.45) is 17.8 Å². The van der Waals surface area contributed by atoms with Crippen LogP contribution < -0.4 is 10.6 Å². The molecule has 0 aromatic carbocycles. The lowest BCUT2D eigenvalue weighted by molar-refractivity contribution is 0.207. The van der Waals surface area contributed by atoms with Gasteiger partial charge in [-0.2, -0.15) is 10.1 Å². The highest BCUT2D eigenvalue weighted by atomic mass is 35.5. The summed E-state index contributed by atoms with van der Waals surface area (Å²) in [6.45, 7) is 10.0. The lowest BCUT2D eigenvalue weighted by Crippen LogP contribution is -2.24. The molecule has 3 unspecified atom stereocenters. The van der Waals surface area contributed by atoms with Crippen LogP contribution in [0.15, 0.2) is 6.20 Å². The predicted molar refractivity (Wildman–Crippen MR) is 119 cm³/mol. The highest BCUT2D eigenvalue weighted by Gasteiger charge is 2.29. The van der Waals surface area contributed by atoms with Crippen molar-refractivity contribution >= 4 is 29.1 Å². The molecule has 4 rings (SSSR count). The molecule has 0 amide bonds. The first-order chi connectivity index (χ1) is 13.9. The molecule has 2 aliphatic rings. The Labute approximate surface area is 178 Å². The molecule has 7 heteroatoms. The van der Waals surface area contributed by atoms with E-state index in [2.05, 4.69) is 53.0 Å². The van der Waals surface area contributed by atoms with Crippen LogP contribution >= 0.6 is 11.6 Å². The van der Waals surface area contributed by atoms with Gasteiger partial charge >= 0.3 is 0 Å². The Morgan fingerprint density at radius 2 is 1.97 bits per heavy atom. The molecule has 1 aliphatic carbocycles. The Balaban J connectivity index is 1.72. The maximum atomic E-state index is 6.31. The van der Waals surface area contributed by atoms with E-state index in [4.69, 9.17) is 16.7 Å². The highest BCUT2D eigenvalue weighted by Crippen LogP contribution is 2.38. The zero-order valence-corrected chi connectivity index (χ0v) is 18.8. The molecule has 29 heavy (non-hydrogen) atoms. The number of hydrogen-bond acceptors (Lipinski definition) is 5. The topological polar surface area (TPSA) is 67.7 Å². The Hall–Kier alpha value is -1.82. The van der Waals surface area contributed by atoms with Gasteiger partial charge in [-0.15, -0.1) is 0 Å². The molecular formula is C22H33ClN6. The molecule has 0 saturated heterocycles. The van der Waals surface area contributed by atoms with Crippen LogP contribution in [0.5, 0.6) is 0 Å². The van der Waals surface area contributed by atoms with E-state index in [9.17, 15) is 0 Å². The summed E-state index contributed by atoms with van der Waals surface area (Å²) in [4.78, 5) is 9.03. The van der Waals surface area contributed by atoms with Crippen LogP contribution in [-0.4, -0.2) is 26.3 Å². The minimum atomic E-state index is 0.473. The number of rotatable bonds is 2. The molecule has 2 N–H and O–H groups in total. The third-order valence-electron chi connectivity index (χ3n) is 6.63. The van der Waals surface area contributed by atoms with Crippen LogP contribution in [0.3, 0.4) is 0 Å². The van der Waals surface area contributed by atoms with Crippen LogP contribution in [0.2, 0.25) is 5.02 Å². The number of nitrogens with one attached hydrogen (secondary N) is 2. The molecule has 2 aromatic rings. The highest BCUT2D eigenvalue weighted by molar-refractivity contribution is 6.32. The minimum Gasteiger partial charge on any atom is -0.368 e. The maximum absolute atomic E-state index is 6.31. The van der Waals surface area contributed by atoms with E-state index >= 15 is 0 Å². The molecular weight excluding hydrogens is 384 g/mol. The van der Waals surface area contributed by atoms with E-state index in [1.807, 2.05) is 0 Å². The lowest BCUT2D eigenvalue weighted by atomic mass is 9.80. The molecule has 158 valence electrons. The normalized spacial score (nSPS) is 27.3. The first-order valence-corrected chi connectivity index (χ1v) is 11.4. The van der Waals surface area contributed by atoms with Gasteiger partial charge in [0.15, 0.2) is 5.82 Å². The number of halogens is 1. The molecule has 2 bridgehead atoms. The Bertz CT molecular complexity index is 853. The molecule has 1 fully saturated rings. The first-order valence-electron chi connectivity index (χ1n) is 11.1. The van der Waals surface area contributed by atoms with E-state index in [0.717, 1.165) is 49.0 Å². The van der Waals surface area contributed by atoms with E-state index in [0.29, 0.717) is 28.7 Å². The largest absolute Gasteiger partial charge is 0.368 e. The molecule has 3 heterocycles. The van der Waals surface area contributed by atoms with E-state index < -0.39 is 0 Å². The molecule has 0 spiro atoms. The molecule has 3 atom stereocenters. The van der Waals surface area contributed by atoms with Gasteiger partial charge in [-0.3, -0.25) is 4.68 Å². The lowest BCUT2D eigenvalue weighted by Gasteiger charge is -2.32. The monoisotopic (exact) mass is 416 g/mol. The van der Waals surface area contributed by atoms with Crippen LogP contribution in [0, 0.1) is 24.7 Å². The fourth-order valence-corrected chi connectivity index (χ4v) is 5.23. The summed E-state index contributed by atoms with van der Waals surface area (Å²) in [5, 5.41) is 12.6. The van der Waals surface area contributed by atoms with Crippen LogP contribution in [0.25, 0.3) is 0 Å². The van der Waals surface area contributed by atoms with Gasteiger partial charge in [-0.25, -0.2) is 4.98 Å². The molecule has 1 saturated carbocycles. The van der Waals surface area contributed by atoms with Crippen LogP contribution in [0.1, 0.15) is 70.3 Å². The molecule has 1 aliphatic heterocycles. The van der Waals surface area contributed by atoms with Gasteiger partial charge in [0.25, 0.3) is 0 Å². The standard InChI is InChI=1S/C22H33ClN6/c1-5-16-6-7-19-20(26-22-25-12-18(23)21(27-22)24-11-16)15(4)29(28-19)17-9-13(2)8-14(3)10-17/h12-14,16-17H,5-11H2,1-4H3,(H2,24,25,26,27). The Morgan fingerprint density at radius 1 is 1.21 bits per heavy atom. The minimum absolute atomic E-state index is 0.473. The van der Waals surface area contributed by atoms with Gasteiger partial charge in [0.05, 0.1) is 29.3 Å². The third-order valence-corrected chi connectivity index (χ3v) is 6.90. The SMILES string of the molecule is CCC1CCc2nn(C3CC(C)CC(C)C3)c(C)c2Nc2ncc(Cl)c(n2)NC1. The molecule has 2 aromatic heterocycles. The third kappa shape index (κ3) is 4.37. The van der Waals surface area contributed by atoms with Crippen LogP contribution in [-0.2, 0) is 6.42 Å². The van der Waals surface area contributed by atoms with Crippen molar-refractivity contribution in [2.75, 3.05) is 17.2 Å². The van der Waals surface area contributed by atoms with Gasteiger partial charge in [-0.1, -0.05) is 38.8 Å². The zero-order chi connectivity index (χ0) is 20.5. The average molecular weight is 417 g/mol. The van der Waals surface area contributed by atoms with Gasteiger partial charge in [-0.05, 0) is 56.8 Å². The fourth-order valence-electron chi connectivity index (χ4n) is 5.07. The van der Waals surface area contributed by atoms with Gasteiger partial charge < -0.3 is 10.6 Å². The van der Waals surface area contributed by atoms with Crippen molar-refractivity contribution < 1.29 is 0 Å². The van der Waals surface area contributed by atoms with E-state index in [1.165, 1.54) is 25.0 Å². The predicted octanol–water partition coefficient (Wildman–Crippen LogP) is 5.76. The Morgan fingerprint density at radius 3 is 2.69 bits per heavy atom. The van der Waals surface area contributed by atoms with E-state index in [-0.39, 0.29) is 0 Å². The van der Waals surface area contributed by atoms with Gasteiger partial charge in [0, 0.05) is 6.54 Å². The summed E-state index contributed by atoms with van der Waals surface area (Å²) in [5.41, 5.74) is 3.39. The average Bonchev–Trinajstić information content (AvgIpc) is 2.97. The first kappa shape index (κ1) is 20.5. The smallest absolute Gasteiger partial charge is 0.229 e. The second-order valence-corrected chi connectivity index (χ2v) is 9.54. The van der Waals surface area contributed by atoms with Gasteiger partial charge in [0.1, 0.15) is 5.02 Å². The van der Waals surface area contributed by atoms with Crippen molar-refractivity contribution in [3.8, 4) is 0 Å². The van der Waals surface area contributed by atoms with Crippen molar-refractivity contribution in [2.45, 2.75) is 72.3 Å². The second kappa shape index (κ2) is 8.50. The number of fused-ring (bicyclic) bond motifs is 3. The van der Waals surface area contributed by atoms with Crippen molar-refractivity contribution in [1.82, 2.24) is 19.7 Å². The van der Waals surface area contributed by atoms with Crippen molar-refractivity contribution in [3.63, 3.8) is 0 Å². The zero-order valence-electron chi connectivity index (χ0n) is 18.0. The Kier molecular flexibility index (Phi) is 6.00. The summed E-state index contributed by atoms with van der Waals surface area (Å²) in [6, 6.07) is 0.473.